The summed E-state index contributed by atoms with van der Waals surface area (Å²) in [6, 6.07) is 7.99. The molecule has 98 valence electrons. The average molecular weight is 334 g/mol. The van der Waals surface area contributed by atoms with E-state index in [-0.39, 0.29) is 21.4 Å². The maximum absolute atomic E-state index is 12.4. The summed E-state index contributed by atoms with van der Waals surface area (Å²) in [4.78, 5) is 12.4. The predicted molar refractivity (Wildman–Crippen MR) is 81.1 cm³/mol. The summed E-state index contributed by atoms with van der Waals surface area (Å²) in [7, 11) is 0. The number of carbonyl (C=O) groups is 1. The summed E-state index contributed by atoms with van der Waals surface area (Å²) in [5, 5.41) is 1.45. The van der Waals surface area contributed by atoms with E-state index >= 15 is 0 Å². The number of rotatable bonds is 2. The highest BCUT2D eigenvalue weighted by Gasteiger charge is 2.18. The monoisotopic (exact) mass is 332 g/mol. The standard InChI is InChI=1S/C14H8Cl4O/c1-7-4-8(2-3-10(7)16)14(19)13-11(17)5-9(15)6-12(13)18/h2-6H,1H3. The Kier molecular flexibility index (Phi) is 4.42. The summed E-state index contributed by atoms with van der Waals surface area (Å²) in [6.07, 6.45) is 0. The van der Waals surface area contributed by atoms with E-state index in [0.717, 1.165) is 5.56 Å². The third kappa shape index (κ3) is 3.06. The summed E-state index contributed by atoms with van der Waals surface area (Å²) < 4.78 is 0. The van der Waals surface area contributed by atoms with Crippen LogP contribution < -0.4 is 0 Å². The molecule has 0 fully saturated rings. The number of ketones is 1. The van der Waals surface area contributed by atoms with Crippen LogP contribution in [0.4, 0.5) is 0 Å². The number of hydrogen-bond donors (Lipinski definition) is 0. The van der Waals surface area contributed by atoms with Gasteiger partial charge in [0.05, 0.1) is 15.6 Å². The minimum absolute atomic E-state index is 0.232. The van der Waals surface area contributed by atoms with Crippen LogP contribution in [-0.4, -0.2) is 5.78 Å². The van der Waals surface area contributed by atoms with Crippen LogP contribution in [0.3, 0.4) is 0 Å². The number of carbonyl (C=O) groups excluding carboxylic acids is 1. The van der Waals surface area contributed by atoms with Crippen molar-refractivity contribution < 1.29 is 4.79 Å². The van der Waals surface area contributed by atoms with E-state index in [0.29, 0.717) is 15.6 Å². The fourth-order valence-corrected chi connectivity index (χ4v) is 2.80. The SMILES string of the molecule is Cc1cc(C(=O)c2c(Cl)cc(Cl)cc2Cl)ccc1Cl. The normalized spacial score (nSPS) is 10.6. The Morgan fingerprint density at radius 2 is 1.47 bits per heavy atom. The highest BCUT2D eigenvalue weighted by atomic mass is 35.5. The fourth-order valence-electron chi connectivity index (χ4n) is 1.69. The van der Waals surface area contributed by atoms with E-state index in [1.165, 1.54) is 12.1 Å². The van der Waals surface area contributed by atoms with Crippen molar-refractivity contribution in [2.24, 2.45) is 0 Å². The van der Waals surface area contributed by atoms with Gasteiger partial charge in [-0.05, 0) is 42.8 Å². The first-order valence-corrected chi connectivity index (χ1v) is 6.86. The number of benzene rings is 2. The van der Waals surface area contributed by atoms with E-state index in [4.69, 9.17) is 46.4 Å². The zero-order chi connectivity index (χ0) is 14.2. The Morgan fingerprint density at radius 1 is 0.895 bits per heavy atom. The van der Waals surface area contributed by atoms with Crippen molar-refractivity contribution in [2.75, 3.05) is 0 Å². The quantitative estimate of drug-likeness (QED) is 0.631. The van der Waals surface area contributed by atoms with Gasteiger partial charge in [-0.3, -0.25) is 4.79 Å². The minimum Gasteiger partial charge on any atom is -0.288 e. The molecule has 0 aliphatic heterocycles. The first-order valence-electron chi connectivity index (χ1n) is 5.35. The summed E-state index contributed by atoms with van der Waals surface area (Å²) in [5.41, 5.74) is 1.54. The molecule has 0 aliphatic rings. The van der Waals surface area contributed by atoms with Crippen LogP contribution in [0.1, 0.15) is 21.5 Å². The van der Waals surface area contributed by atoms with Crippen LogP contribution in [-0.2, 0) is 0 Å². The molecule has 0 aliphatic carbocycles. The van der Waals surface area contributed by atoms with Crippen LogP contribution in [0.2, 0.25) is 20.1 Å². The lowest BCUT2D eigenvalue weighted by Gasteiger charge is -2.08. The Labute approximate surface area is 131 Å². The molecule has 0 bridgehead atoms. The summed E-state index contributed by atoms with van der Waals surface area (Å²) in [6.45, 7) is 1.82. The molecule has 5 heteroatoms. The first kappa shape index (κ1) is 14.7. The molecule has 2 rings (SSSR count). The molecule has 0 saturated carbocycles. The molecule has 19 heavy (non-hydrogen) atoms. The van der Waals surface area contributed by atoms with Gasteiger partial charge in [-0.1, -0.05) is 46.4 Å². The first-order chi connectivity index (χ1) is 8.90. The minimum atomic E-state index is -0.258. The van der Waals surface area contributed by atoms with Crippen LogP contribution in [0, 0.1) is 6.92 Å². The molecule has 0 radical (unpaired) electrons. The van der Waals surface area contributed by atoms with Gasteiger partial charge in [0.2, 0.25) is 0 Å². The number of aryl methyl sites for hydroxylation is 1. The second kappa shape index (κ2) is 5.72. The van der Waals surface area contributed by atoms with Gasteiger partial charge in [-0.2, -0.15) is 0 Å². The molecule has 0 unspecified atom stereocenters. The predicted octanol–water partition coefficient (Wildman–Crippen LogP) is 5.84. The Balaban J connectivity index is 2.53. The van der Waals surface area contributed by atoms with Crippen molar-refractivity contribution in [3.05, 3.63) is 67.1 Å². The van der Waals surface area contributed by atoms with E-state index in [2.05, 4.69) is 0 Å². The Hall–Kier alpha value is -0.730. The van der Waals surface area contributed by atoms with Crippen molar-refractivity contribution >= 4 is 52.2 Å². The molecule has 0 N–H and O–H groups in total. The zero-order valence-corrected chi connectivity index (χ0v) is 12.8. The van der Waals surface area contributed by atoms with E-state index in [1.54, 1.807) is 18.2 Å². The largest absolute Gasteiger partial charge is 0.288 e. The van der Waals surface area contributed by atoms with E-state index < -0.39 is 0 Å². The second-order valence-corrected chi connectivity index (χ2v) is 5.70. The molecule has 1 nitrogen and oxygen atoms in total. The summed E-state index contributed by atoms with van der Waals surface area (Å²) >= 11 is 23.8. The van der Waals surface area contributed by atoms with E-state index in [1.807, 2.05) is 6.92 Å². The van der Waals surface area contributed by atoms with Crippen molar-refractivity contribution in [1.29, 1.82) is 0 Å². The number of hydrogen-bond acceptors (Lipinski definition) is 1. The van der Waals surface area contributed by atoms with Gasteiger partial charge in [0.1, 0.15) is 0 Å². The molecule has 2 aromatic carbocycles. The van der Waals surface area contributed by atoms with Crippen molar-refractivity contribution in [2.45, 2.75) is 6.92 Å². The van der Waals surface area contributed by atoms with Gasteiger partial charge in [0.15, 0.2) is 5.78 Å². The van der Waals surface area contributed by atoms with Crippen LogP contribution >= 0.6 is 46.4 Å². The molecule has 0 saturated heterocycles. The maximum Gasteiger partial charge on any atom is 0.196 e. The van der Waals surface area contributed by atoms with Gasteiger partial charge in [0.25, 0.3) is 0 Å². The average Bonchev–Trinajstić information content (AvgIpc) is 2.31. The third-order valence-corrected chi connectivity index (χ3v) is 3.89. The maximum atomic E-state index is 12.4. The highest BCUT2D eigenvalue weighted by molar-refractivity contribution is 6.43. The summed E-state index contributed by atoms with van der Waals surface area (Å²) in [5.74, 6) is -0.258. The number of halogens is 4. The molecule has 0 amide bonds. The lowest BCUT2D eigenvalue weighted by molar-refractivity contribution is 0.103. The molecule has 0 atom stereocenters. The third-order valence-electron chi connectivity index (χ3n) is 2.65. The molecule has 0 spiro atoms. The molecular weight excluding hydrogens is 326 g/mol. The second-order valence-electron chi connectivity index (χ2n) is 4.04. The van der Waals surface area contributed by atoms with Crippen LogP contribution in [0.25, 0.3) is 0 Å². The smallest absolute Gasteiger partial charge is 0.196 e. The molecular formula is C14H8Cl4O. The molecule has 2 aromatic rings. The zero-order valence-electron chi connectivity index (χ0n) is 9.81. The van der Waals surface area contributed by atoms with E-state index in [9.17, 15) is 4.79 Å². The van der Waals surface area contributed by atoms with Crippen molar-refractivity contribution in [1.82, 2.24) is 0 Å². The van der Waals surface area contributed by atoms with Gasteiger partial charge in [0, 0.05) is 15.6 Å². The van der Waals surface area contributed by atoms with Crippen molar-refractivity contribution in [3.63, 3.8) is 0 Å². The molecule has 0 aromatic heterocycles. The lowest BCUT2D eigenvalue weighted by atomic mass is 10.0. The van der Waals surface area contributed by atoms with Crippen LogP contribution in [0.5, 0.6) is 0 Å². The van der Waals surface area contributed by atoms with Gasteiger partial charge < -0.3 is 0 Å². The van der Waals surface area contributed by atoms with Gasteiger partial charge in [-0.25, -0.2) is 0 Å². The van der Waals surface area contributed by atoms with Crippen LogP contribution in [0.15, 0.2) is 30.3 Å². The Morgan fingerprint density at radius 3 is 2.00 bits per heavy atom. The van der Waals surface area contributed by atoms with Crippen molar-refractivity contribution in [3.8, 4) is 0 Å². The molecule has 0 heterocycles. The highest BCUT2D eigenvalue weighted by Crippen LogP contribution is 2.31. The van der Waals surface area contributed by atoms with Gasteiger partial charge in [-0.15, -0.1) is 0 Å². The topological polar surface area (TPSA) is 17.1 Å². The fraction of sp³-hybridized carbons (Fsp3) is 0.0714. The lowest BCUT2D eigenvalue weighted by Crippen LogP contribution is -2.03. The van der Waals surface area contributed by atoms with Gasteiger partial charge >= 0.3 is 0 Å². The Bertz CT molecular complexity index is 641.